The Kier molecular flexibility index (Phi) is 3.19. The molecule has 0 atom stereocenters. The van der Waals surface area contributed by atoms with Gasteiger partial charge in [0.15, 0.2) is 10.7 Å². The summed E-state index contributed by atoms with van der Waals surface area (Å²) in [6.07, 6.45) is 0. The molecule has 0 amide bonds. The molecule has 0 spiro atoms. The largest absolute Gasteiger partial charge is 0.462 e. The standard InChI is InChI=1S/C12H10O4S/c1-2-15-11(14)9-10(13)7-5-3-4-6-8(7)16-12(9)17/h3-6,17H,2H2,1H3. The summed E-state index contributed by atoms with van der Waals surface area (Å²) in [6, 6.07) is 6.68. The average molecular weight is 250 g/mol. The molecule has 2 rings (SSSR count). The SMILES string of the molecule is CCOC(=O)c1c(S)oc2ccccc2c1=O. The minimum Gasteiger partial charge on any atom is -0.462 e. The maximum Gasteiger partial charge on any atom is 0.346 e. The molecule has 5 heteroatoms. The van der Waals surface area contributed by atoms with Gasteiger partial charge < -0.3 is 9.15 Å². The molecule has 2 aromatic rings. The number of benzene rings is 1. The van der Waals surface area contributed by atoms with Crippen molar-refractivity contribution in [2.24, 2.45) is 0 Å². The zero-order valence-electron chi connectivity index (χ0n) is 9.10. The first-order valence-electron chi connectivity index (χ1n) is 5.07. The highest BCUT2D eigenvalue weighted by Crippen LogP contribution is 2.18. The fraction of sp³-hybridized carbons (Fsp3) is 0.167. The van der Waals surface area contributed by atoms with E-state index in [1.165, 1.54) is 0 Å². The van der Waals surface area contributed by atoms with Gasteiger partial charge >= 0.3 is 5.97 Å². The van der Waals surface area contributed by atoms with Crippen molar-refractivity contribution in [1.82, 2.24) is 0 Å². The lowest BCUT2D eigenvalue weighted by Crippen LogP contribution is -2.18. The molecule has 0 fully saturated rings. The van der Waals surface area contributed by atoms with E-state index < -0.39 is 11.4 Å². The monoisotopic (exact) mass is 250 g/mol. The molecule has 0 aliphatic heterocycles. The van der Waals surface area contributed by atoms with Gasteiger partial charge in [0.1, 0.15) is 5.58 Å². The molecular formula is C12H10O4S. The van der Waals surface area contributed by atoms with Gasteiger partial charge in [-0.25, -0.2) is 4.79 Å². The van der Waals surface area contributed by atoms with E-state index in [1.54, 1.807) is 31.2 Å². The van der Waals surface area contributed by atoms with Crippen LogP contribution in [0.3, 0.4) is 0 Å². The van der Waals surface area contributed by atoms with Crippen LogP contribution in [-0.2, 0) is 4.74 Å². The second-order valence-corrected chi connectivity index (χ2v) is 3.73. The third kappa shape index (κ3) is 2.06. The first kappa shape index (κ1) is 11.7. The predicted molar refractivity (Wildman–Crippen MR) is 65.7 cm³/mol. The summed E-state index contributed by atoms with van der Waals surface area (Å²) in [5, 5.41) is 0.320. The topological polar surface area (TPSA) is 56.5 Å². The minimum absolute atomic E-state index is 0.0212. The molecule has 0 saturated carbocycles. The molecule has 1 aromatic heterocycles. The Labute approximate surface area is 103 Å². The fourth-order valence-corrected chi connectivity index (χ4v) is 1.80. The van der Waals surface area contributed by atoms with Gasteiger partial charge in [-0.1, -0.05) is 12.1 Å². The molecule has 17 heavy (non-hydrogen) atoms. The number of rotatable bonds is 2. The molecule has 1 aromatic carbocycles. The van der Waals surface area contributed by atoms with Gasteiger partial charge in [-0.3, -0.25) is 4.79 Å². The van der Waals surface area contributed by atoms with Gasteiger partial charge in [0.05, 0.1) is 12.0 Å². The van der Waals surface area contributed by atoms with Gasteiger partial charge in [-0.2, -0.15) is 0 Å². The number of fused-ring (bicyclic) bond motifs is 1. The lowest BCUT2D eigenvalue weighted by molar-refractivity contribution is 0.0515. The van der Waals surface area contributed by atoms with Crippen molar-refractivity contribution in [3.05, 3.63) is 40.1 Å². The van der Waals surface area contributed by atoms with Crippen molar-refractivity contribution in [3.63, 3.8) is 0 Å². The summed E-state index contributed by atoms with van der Waals surface area (Å²) in [4.78, 5) is 23.7. The van der Waals surface area contributed by atoms with Crippen LogP contribution in [0.15, 0.2) is 38.6 Å². The number of carbonyl (C=O) groups is 1. The molecule has 0 bridgehead atoms. The third-order valence-corrected chi connectivity index (χ3v) is 2.57. The fourth-order valence-electron chi connectivity index (χ4n) is 1.51. The van der Waals surface area contributed by atoms with Crippen LogP contribution in [0.2, 0.25) is 0 Å². The second kappa shape index (κ2) is 4.63. The third-order valence-electron chi connectivity index (χ3n) is 2.26. The molecule has 0 radical (unpaired) electrons. The molecular weight excluding hydrogens is 240 g/mol. The Morgan fingerprint density at radius 2 is 2.12 bits per heavy atom. The smallest absolute Gasteiger partial charge is 0.346 e. The summed E-state index contributed by atoms with van der Waals surface area (Å²) in [7, 11) is 0. The van der Waals surface area contributed by atoms with Gasteiger partial charge in [0, 0.05) is 0 Å². The van der Waals surface area contributed by atoms with Crippen molar-refractivity contribution in [2.45, 2.75) is 12.0 Å². The summed E-state index contributed by atoms with van der Waals surface area (Å²) >= 11 is 4.01. The van der Waals surface area contributed by atoms with E-state index in [0.29, 0.717) is 11.0 Å². The van der Waals surface area contributed by atoms with Gasteiger partial charge in [-0.05, 0) is 19.1 Å². The highest BCUT2D eigenvalue weighted by atomic mass is 32.1. The molecule has 0 aliphatic rings. The van der Waals surface area contributed by atoms with Crippen molar-refractivity contribution in [3.8, 4) is 0 Å². The van der Waals surface area contributed by atoms with Crippen LogP contribution in [0.25, 0.3) is 11.0 Å². The Balaban J connectivity index is 2.72. The van der Waals surface area contributed by atoms with Gasteiger partial charge in [0.25, 0.3) is 0 Å². The number of carbonyl (C=O) groups excluding carboxylic acids is 1. The number of thiol groups is 1. The van der Waals surface area contributed by atoms with E-state index in [4.69, 9.17) is 9.15 Å². The van der Waals surface area contributed by atoms with Crippen LogP contribution >= 0.6 is 12.6 Å². The number of hydrogen-bond donors (Lipinski definition) is 1. The number of ether oxygens (including phenoxy) is 1. The summed E-state index contributed by atoms with van der Waals surface area (Å²) in [5.74, 6) is -0.711. The van der Waals surface area contributed by atoms with Crippen LogP contribution in [0.5, 0.6) is 0 Å². The quantitative estimate of drug-likeness (QED) is 0.656. The highest BCUT2D eigenvalue weighted by molar-refractivity contribution is 7.80. The maximum absolute atomic E-state index is 12.1. The molecule has 4 nitrogen and oxygen atoms in total. The van der Waals surface area contributed by atoms with Crippen molar-refractivity contribution in [1.29, 1.82) is 0 Å². The molecule has 0 unspecified atom stereocenters. The Hall–Kier alpha value is -1.75. The van der Waals surface area contributed by atoms with E-state index in [2.05, 4.69) is 12.6 Å². The zero-order chi connectivity index (χ0) is 12.4. The molecule has 0 N–H and O–H groups in total. The first-order valence-corrected chi connectivity index (χ1v) is 5.51. The van der Waals surface area contributed by atoms with Crippen molar-refractivity contribution in [2.75, 3.05) is 6.61 Å². The number of para-hydroxylation sites is 1. The van der Waals surface area contributed by atoms with Crippen LogP contribution in [0.1, 0.15) is 17.3 Å². The molecule has 88 valence electrons. The Morgan fingerprint density at radius 3 is 2.82 bits per heavy atom. The van der Waals surface area contributed by atoms with E-state index in [1.807, 2.05) is 0 Å². The lowest BCUT2D eigenvalue weighted by Gasteiger charge is -2.04. The minimum atomic E-state index is -0.711. The van der Waals surface area contributed by atoms with Gasteiger partial charge in [-0.15, -0.1) is 12.6 Å². The van der Waals surface area contributed by atoms with Crippen LogP contribution in [0.4, 0.5) is 0 Å². The summed E-state index contributed by atoms with van der Waals surface area (Å²) in [6.45, 7) is 1.86. The molecule has 0 aliphatic carbocycles. The van der Waals surface area contributed by atoms with E-state index in [-0.39, 0.29) is 17.3 Å². The second-order valence-electron chi connectivity index (χ2n) is 3.33. The maximum atomic E-state index is 12.1. The molecule has 0 saturated heterocycles. The molecule has 1 heterocycles. The van der Waals surface area contributed by atoms with Crippen LogP contribution in [0, 0.1) is 0 Å². The number of esters is 1. The predicted octanol–water partition coefficient (Wildman–Crippen LogP) is 2.26. The van der Waals surface area contributed by atoms with E-state index >= 15 is 0 Å². The number of hydrogen-bond acceptors (Lipinski definition) is 5. The van der Waals surface area contributed by atoms with Crippen LogP contribution < -0.4 is 5.43 Å². The van der Waals surface area contributed by atoms with Crippen molar-refractivity contribution >= 4 is 29.6 Å². The highest BCUT2D eigenvalue weighted by Gasteiger charge is 2.19. The Morgan fingerprint density at radius 1 is 1.41 bits per heavy atom. The normalized spacial score (nSPS) is 10.5. The average Bonchev–Trinajstić information content (AvgIpc) is 2.29. The van der Waals surface area contributed by atoms with E-state index in [9.17, 15) is 9.59 Å². The van der Waals surface area contributed by atoms with Gasteiger partial charge in [0.2, 0.25) is 5.43 Å². The Bertz CT molecular complexity index is 630. The lowest BCUT2D eigenvalue weighted by atomic mass is 10.2. The van der Waals surface area contributed by atoms with Crippen LogP contribution in [-0.4, -0.2) is 12.6 Å². The summed E-state index contributed by atoms with van der Waals surface area (Å²) < 4.78 is 10.1. The first-order chi connectivity index (χ1) is 8.15. The zero-order valence-corrected chi connectivity index (χ0v) is 9.99. The van der Waals surface area contributed by atoms with E-state index in [0.717, 1.165) is 0 Å². The van der Waals surface area contributed by atoms with Crippen molar-refractivity contribution < 1.29 is 13.9 Å². The summed E-state index contributed by atoms with van der Waals surface area (Å²) in [5.41, 5.74) is -0.181.